The van der Waals surface area contributed by atoms with Gasteiger partial charge in [-0.3, -0.25) is 4.79 Å². The number of hydrogen-bond acceptors (Lipinski definition) is 5. The molecular formula is C14H14N2O4S. The minimum Gasteiger partial charge on any atom is -0.494 e. The maximum atomic E-state index is 11.7. The van der Waals surface area contributed by atoms with E-state index in [9.17, 15) is 9.59 Å². The van der Waals surface area contributed by atoms with Crippen molar-refractivity contribution < 1.29 is 19.4 Å². The van der Waals surface area contributed by atoms with Crippen molar-refractivity contribution in [2.45, 2.75) is 12.8 Å². The highest BCUT2D eigenvalue weighted by Crippen LogP contribution is 2.15. The van der Waals surface area contributed by atoms with Crippen LogP contribution in [0.2, 0.25) is 0 Å². The fourth-order valence-electron chi connectivity index (χ4n) is 1.55. The van der Waals surface area contributed by atoms with Crippen molar-refractivity contribution in [3.05, 3.63) is 41.4 Å². The molecule has 21 heavy (non-hydrogen) atoms. The van der Waals surface area contributed by atoms with Crippen molar-refractivity contribution in [2.75, 3.05) is 11.9 Å². The number of thiazole rings is 1. The molecule has 0 aliphatic carbocycles. The highest BCUT2D eigenvalue weighted by atomic mass is 32.1. The third-order valence-corrected chi connectivity index (χ3v) is 3.29. The van der Waals surface area contributed by atoms with E-state index >= 15 is 0 Å². The molecule has 0 spiro atoms. The molecule has 7 heteroatoms. The predicted molar refractivity (Wildman–Crippen MR) is 78.9 cm³/mol. The summed E-state index contributed by atoms with van der Waals surface area (Å²) >= 11 is 1.09. The summed E-state index contributed by atoms with van der Waals surface area (Å²) in [4.78, 5) is 26.1. The van der Waals surface area contributed by atoms with E-state index in [1.54, 1.807) is 0 Å². The third kappa shape index (κ3) is 4.88. The molecule has 1 aromatic carbocycles. The van der Waals surface area contributed by atoms with E-state index < -0.39 is 5.97 Å². The normalized spacial score (nSPS) is 10.1. The second-order valence-corrected chi connectivity index (χ2v) is 5.01. The Labute approximate surface area is 125 Å². The van der Waals surface area contributed by atoms with Gasteiger partial charge in [0, 0.05) is 11.8 Å². The van der Waals surface area contributed by atoms with E-state index in [1.807, 2.05) is 30.3 Å². The summed E-state index contributed by atoms with van der Waals surface area (Å²) in [6.07, 6.45) is 0.854. The molecule has 0 radical (unpaired) electrons. The zero-order valence-electron chi connectivity index (χ0n) is 11.1. The lowest BCUT2D eigenvalue weighted by atomic mass is 10.3. The van der Waals surface area contributed by atoms with Crippen molar-refractivity contribution in [3.8, 4) is 5.75 Å². The molecule has 0 aliphatic heterocycles. The number of ether oxygens (including phenoxy) is 1. The van der Waals surface area contributed by atoms with Crippen molar-refractivity contribution in [2.24, 2.45) is 0 Å². The Morgan fingerprint density at radius 1 is 1.29 bits per heavy atom. The minimum atomic E-state index is -1.11. The van der Waals surface area contributed by atoms with Gasteiger partial charge in [-0.1, -0.05) is 18.2 Å². The Kier molecular flexibility index (Phi) is 5.28. The number of amides is 1. The number of nitrogens with zero attached hydrogens (tertiary/aromatic N) is 1. The molecule has 0 bridgehead atoms. The molecule has 110 valence electrons. The molecule has 0 unspecified atom stereocenters. The van der Waals surface area contributed by atoms with Gasteiger partial charge < -0.3 is 15.2 Å². The number of carboxylic acids is 1. The number of nitrogens with one attached hydrogen (secondary N) is 1. The van der Waals surface area contributed by atoms with Gasteiger partial charge in [0.05, 0.1) is 6.61 Å². The van der Waals surface area contributed by atoms with Gasteiger partial charge in [0.25, 0.3) is 0 Å². The summed E-state index contributed by atoms with van der Waals surface area (Å²) in [5.74, 6) is -0.551. The van der Waals surface area contributed by atoms with E-state index in [0.29, 0.717) is 18.2 Å². The highest BCUT2D eigenvalue weighted by molar-refractivity contribution is 7.14. The molecule has 1 amide bonds. The monoisotopic (exact) mass is 306 g/mol. The van der Waals surface area contributed by atoms with Crippen LogP contribution in [-0.4, -0.2) is 28.6 Å². The van der Waals surface area contributed by atoms with Crippen LogP contribution in [0.25, 0.3) is 0 Å². The fraction of sp³-hybridized carbons (Fsp3) is 0.214. The second kappa shape index (κ2) is 7.39. The zero-order chi connectivity index (χ0) is 15.1. The van der Waals surface area contributed by atoms with Crippen LogP contribution in [0.4, 0.5) is 5.13 Å². The number of anilines is 1. The Bertz CT molecular complexity index is 612. The van der Waals surface area contributed by atoms with Crippen molar-refractivity contribution >= 4 is 28.3 Å². The summed E-state index contributed by atoms with van der Waals surface area (Å²) < 4.78 is 5.47. The van der Waals surface area contributed by atoms with Crippen LogP contribution in [0.1, 0.15) is 23.3 Å². The SMILES string of the molecule is O=C(CCCOc1ccccc1)Nc1nc(C(=O)O)cs1. The number of aromatic nitrogens is 1. The van der Waals surface area contributed by atoms with Crippen LogP contribution in [0.3, 0.4) is 0 Å². The average molecular weight is 306 g/mol. The van der Waals surface area contributed by atoms with Gasteiger partial charge >= 0.3 is 5.97 Å². The predicted octanol–water partition coefficient (Wildman–Crippen LogP) is 2.64. The molecule has 1 aromatic heterocycles. The summed E-state index contributed by atoms with van der Waals surface area (Å²) in [7, 11) is 0. The Morgan fingerprint density at radius 2 is 2.05 bits per heavy atom. The Morgan fingerprint density at radius 3 is 2.71 bits per heavy atom. The highest BCUT2D eigenvalue weighted by Gasteiger charge is 2.10. The Hall–Kier alpha value is -2.41. The lowest BCUT2D eigenvalue weighted by Crippen LogP contribution is -2.13. The van der Waals surface area contributed by atoms with Gasteiger partial charge in [-0.05, 0) is 18.6 Å². The first-order valence-corrected chi connectivity index (χ1v) is 7.19. The quantitative estimate of drug-likeness (QED) is 0.768. The second-order valence-electron chi connectivity index (χ2n) is 4.16. The van der Waals surface area contributed by atoms with Crippen LogP contribution < -0.4 is 10.1 Å². The maximum Gasteiger partial charge on any atom is 0.355 e. The van der Waals surface area contributed by atoms with Gasteiger partial charge in [-0.25, -0.2) is 9.78 Å². The fourth-order valence-corrected chi connectivity index (χ4v) is 2.25. The Balaban J connectivity index is 1.68. The van der Waals surface area contributed by atoms with Crippen molar-refractivity contribution in [1.82, 2.24) is 4.98 Å². The summed E-state index contributed by atoms with van der Waals surface area (Å²) in [6.45, 7) is 0.440. The standard InChI is InChI=1S/C14H14N2O4S/c17-12(16-14-15-11(9-21-14)13(18)19)7-4-8-20-10-5-2-1-3-6-10/h1-3,5-6,9H,4,7-8H2,(H,18,19)(H,15,16,17). The number of carboxylic acid groups (broad SMARTS) is 1. The van der Waals surface area contributed by atoms with E-state index in [2.05, 4.69) is 10.3 Å². The van der Waals surface area contributed by atoms with Crippen LogP contribution in [0.5, 0.6) is 5.75 Å². The number of rotatable bonds is 7. The first kappa shape index (κ1) is 15.0. The lowest BCUT2D eigenvalue weighted by molar-refractivity contribution is -0.116. The molecule has 0 atom stereocenters. The third-order valence-electron chi connectivity index (χ3n) is 2.53. The van der Waals surface area contributed by atoms with E-state index in [0.717, 1.165) is 17.1 Å². The molecule has 0 saturated carbocycles. The molecule has 6 nitrogen and oxygen atoms in total. The van der Waals surface area contributed by atoms with E-state index in [1.165, 1.54) is 5.38 Å². The van der Waals surface area contributed by atoms with E-state index in [-0.39, 0.29) is 18.0 Å². The lowest BCUT2D eigenvalue weighted by Gasteiger charge is -2.05. The summed E-state index contributed by atoms with van der Waals surface area (Å²) in [6, 6.07) is 9.36. The zero-order valence-corrected chi connectivity index (χ0v) is 11.9. The largest absolute Gasteiger partial charge is 0.494 e. The smallest absolute Gasteiger partial charge is 0.355 e. The molecule has 0 saturated heterocycles. The van der Waals surface area contributed by atoms with Gasteiger partial charge in [0.2, 0.25) is 5.91 Å². The first-order valence-electron chi connectivity index (χ1n) is 6.31. The molecular weight excluding hydrogens is 292 g/mol. The van der Waals surface area contributed by atoms with Crippen LogP contribution >= 0.6 is 11.3 Å². The number of benzene rings is 1. The topological polar surface area (TPSA) is 88.5 Å². The van der Waals surface area contributed by atoms with Gasteiger partial charge in [-0.15, -0.1) is 11.3 Å². The number of hydrogen-bond donors (Lipinski definition) is 2. The molecule has 0 aliphatic rings. The number of aromatic carboxylic acids is 1. The van der Waals surface area contributed by atoms with Crippen LogP contribution in [-0.2, 0) is 4.79 Å². The van der Waals surface area contributed by atoms with Gasteiger partial charge in [-0.2, -0.15) is 0 Å². The molecule has 2 aromatic rings. The molecule has 1 heterocycles. The summed E-state index contributed by atoms with van der Waals surface area (Å²) in [5.41, 5.74) is -0.0669. The van der Waals surface area contributed by atoms with Crippen molar-refractivity contribution in [1.29, 1.82) is 0 Å². The average Bonchev–Trinajstić information content (AvgIpc) is 2.93. The number of para-hydroxylation sites is 1. The van der Waals surface area contributed by atoms with Gasteiger partial charge in [0.15, 0.2) is 10.8 Å². The minimum absolute atomic E-state index is 0.0669. The summed E-state index contributed by atoms with van der Waals surface area (Å²) in [5, 5.41) is 13.0. The maximum absolute atomic E-state index is 11.7. The van der Waals surface area contributed by atoms with E-state index in [4.69, 9.17) is 9.84 Å². The van der Waals surface area contributed by atoms with Crippen LogP contribution in [0, 0.1) is 0 Å². The molecule has 2 N–H and O–H groups in total. The number of carbonyl (C=O) groups excluding carboxylic acids is 1. The molecule has 2 rings (SSSR count). The number of carbonyl (C=O) groups is 2. The van der Waals surface area contributed by atoms with Crippen molar-refractivity contribution in [3.63, 3.8) is 0 Å². The first-order chi connectivity index (χ1) is 10.1. The van der Waals surface area contributed by atoms with Crippen LogP contribution in [0.15, 0.2) is 35.7 Å². The molecule has 0 fully saturated rings. The van der Waals surface area contributed by atoms with Gasteiger partial charge in [0.1, 0.15) is 5.75 Å².